The van der Waals surface area contributed by atoms with Crippen LogP contribution >= 0.6 is 11.6 Å². The normalized spacial score (nSPS) is 21.2. The van der Waals surface area contributed by atoms with Crippen molar-refractivity contribution in [3.05, 3.63) is 34.3 Å². The Hall–Kier alpha value is -1.09. The Morgan fingerprint density at radius 3 is 3.00 bits per heavy atom. The van der Waals surface area contributed by atoms with Crippen molar-refractivity contribution in [1.29, 1.82) is 0 Å². The van der Waals surface area contributed by atoms with Crippen molar-refractivity contribution in [2.24, 2.45) is 0 Å². The van der Waals surface area contributed by atoms with Crippen LogP contribution in [-0.4, -0.2) is 17.2 Å². The summed E-state index contributed by atoms with van der Waals surface area (Å²) in [6, 6.07) is 5.24. The number of aryl methyl sites for hydroxylation is 1. The van der Waals surface area contributed by atoms with E-state index < -0.39 is 18.1 Å². The highest BCUT2D eigenvalue weighted by Gasteiger charge is 2.32. The lowest BCUT2D eigenvalue weighted by Gasteiger charge is -2.26. The standard InChI is InChI=1S/C12H12ClFO2/c13-8-4-5-9-7(6-8)2-1-3-10(9)11(14)12(15)16/h4-6,10-11H,1-3H2,(H,15,16). The summed E-state index contributed by atoms with van der Waals surface area (Å²) in [6.07, 6.45) is 0.423. The van der Waals surface area contributed by atoms with E-state index in [-0.39, 0.29) is 0 Å². The van der Waals surface area contributed by atoms with Gasteiger partial charge in [0.2, 0.25) is 6.17 Å². The number of benzene rings is 1. The molecular formula is C12H12ClFO2. The second kappa shape index (κ2) is 4.42. The fourth-order valence-electron chi connectivity index (χ4n) is 2.30. The molecule has 0 saturated carbocycles. The van der Waals surface area contributed by atoms with Gasteiger partial charge in [0.05, 0.1) is 0 Å². The maximum atomic E-state index is 13.6. The highest BCUT2D eigenvalue weighted by molar-refractivity contribution is 6.30. The molecule has 2 unspecified atom stereocenters. The number of hydrogen-bond acceptors (Lipinski definition) is 1. The van der Waals surface area contributed by atoms with Crippen molar-refractivity contribution < 1.29 is 14.3 Å². The quantitative estimate of drug-likeness (QED) is 0.865. The molecule has 1 N–H and O–H groups in total. The summed E-state index contributed by atoms with van der Waals surface area (Å²) in [7, 11) is 0. The van der Waals surface area contributed by atoms with Crippen LogP contribution in [0.1, 0.15) is 29.9 Å². The van der Waals surface area contributed by atoms with Crippen molar-refractivity contribution in [1.82, 2.24) is 0 Å². The number of fused-ring (bicyclic) bond motifs is 1. The molecule has 1 aromatic rings. The SMILES string of the molecule is O=C(O)C(F)C1CCCc2cc(Cl)ccc21. The van der Waals surface area contributed by atoms with E-state index in [2.05, 4.69) is 0 Å². The first-order valence-corrected chi connectivity index (χ1v) is 5.62. The topological polar surface area (TPSA) is 37.3 Å². The summed E-state index contributed by atoms with van der Waals surface area (Å²) in [5.41, 5.74) is 1.78. The van der Waals surface area contributed by atoms with Crippen molar-refractivity contribution in [3.63, 3.8) is 0 Å². The van der Waals surface area contributed by atoms with E-state index in [1.807, 2.05) is 0 Å². The van der Waals surface area contributed by atoms with Crippen LogP contribution in [0.5, 0.6) is 0 Å². The predicted octanol–water partition coefficient (Wildman–Crippen LogP) is 3.18. The molecule has 0 radical (unpaired) electrons. The monoisotopic (exact) mass is 242 g/mol. The zero-order chi connectivity index (χ0) is 11.7. The van der Waals surface area contributed by atoms with Crippen LogP contribution in [0.25, 0.3) is 0 Å². The minimum Gasteiger partial charge on any atom is -0.479 e. The summed E-state index contributed by atoms with van der Waals surface area (Å²) in [5.74, 6) is -1.91. The lowest BCUT2D eigenvalue weighted by molar-refractivity contribution is -0.143. The number of alkyl halides is 1. The molecule has 0 bridgehead atoms. The van der Waals surface area contributed by atoms with Gasteiger partial charge in [0.15, 0.2) is 0 Å². The third-order valence-electron chi connectivity index (χ3n) is 3.05. The molecule has 0 aliphatic heterocycles. The zero-order valence-corrected chi connectivity index (χ0v) is 9.38. The molecule has 0 aromatic heterocycles. The first kappa shape index (κ1) is 11.4. The Bertz CT molecular complexity index is 419. The van der Waals surface area contributed by atoms with Gasteiger partial charge in [-0.1, -0.05) is 17.7 Å². The van der Waals surface area contributed by atoms with Crippen LogP contribution < -0.4 is 0 Å². The molecule has 0 amide bonds. The Kier molecular flexibility index (Phi) is 3.15. The first-order chi connectivity index (χ1) is 7.59. The molecular weight excluding hydrogens is 231 g/mol. The number of carboxylic acids is 1. The average Bonchev–Trinajstić information content (AvgIpc) is 2.26. The minimum absolute atomic E-state index is 0.529. The Balaban J connectivity index is 2.36. The van der Waals surface area contributed by atoms with Crippen LogP contribution in [0.3, 0.4) is 0 Å². The number of carbonyl (C=O) groups is 1. The smallest absolute Gasteiger partial charge is 0.338 e. The van der Waals surface area contributed by atoms with Crippen LogP contribution in [0.15, 0.2) is 18.2 Å². The summed E-state index contributed by atoms with van der Waals surface area (Å²) >= 11 is 5.86. The first-order valence-electron chi connectivity index (χ1n) is 5.25. The molecule has 2 nitrogen and oxygen atoms in total. The molecule has 0 heterocycles. The molecule has 0 fully saturated rings. The number of aliphatic carboxylic acids is 1. The van der Waals surface area contributed by atoms with Gasteiger partial charge < -0.3 is 5.11 Å². The fraction of sp³-hybridized carbons (Fsp3) is 0.417. The van der Waals surface area contributed by atoms with E-state index in [1.165, 1.54) is 0 Å². The van der Waals surface area contributed by atoms with Gasteiger partial charge >= 0.3 is 5.97 Å². The minimum atomic E-state index is -1.82. The molecule has 4 heteroatoms. The van der Waals surface area contributed by atoms with Gasteiger partial charge in [-0.05, 0) is 42.5 Å². The fourth-order valence-corrected chi connectivity index (χ4v) is 2.49. The van der Waals surface area contributed by atoms with Crippen molar-refractivity contribution >= 4 is 17.6 Å². The Morgan fingerprint density at radius 1 is 1.56 bits per heavy atom. The van der Waals surface area contributed by atoms with Gasteiger partial charge in [-0.2, -0.15) is 0 Å². The molecule has 1 aromatic carbocycles. The largest absolute Gasteiger partial charge is 0.479 e. The third-order valence-corrected chi connectivity index (χ3v) is 3.29. The van der Waals surface area contributed by atoms with Crippen LogP contribution in [0.2, 0.25) is 5.02 Å². The number of carboxylic acid groups (broad SMARTS) is 1. The summed E-state index contributed by atoms with van der Waals surface area (Å²) in [5, 5.41) is 9.33. The Morgan fingerprint density at radius 2 is 2.31 bits per heavy atom. The van der Waals surface area contributed by atoms with E-state index in [9.17, 15) is 9.18 Å². The lowest BCUT2D eigenvalue weighted by Crippen LogP contribution is -2.26. The van der Waals surface area contributed by atoms with E-state index in [4.69, 9.17) is 16.7 Å². The van der Waals surface area contributed by atoms with Gasteiger partial charge in [-0.3, -0.25) is 0 Å². The van der Waals surface area contributed by atoms with Gasteiger partial charge in [0.25, 0.3) is 0 Å². The third kappa shape index (κ3) is 2.05. The summed E-state index contributed by atoms with van der Waals surface area (Å²) < 4.78 is 13.6. The summed E-state index contributed by atoms with van der Waals surface area (Å²) in [6.45, 7) is 0. The van der Waals surface area contributed by atoms with Gasteiger partial charge in [0.1, 0.15) is 0 Å². The molecule has 2 rings (SSSR count). The van der Waals surface area contributed by atoms with E-state index in [0.717, 1.165) is 24.0 Å². The molecule has 0 spiro atoms. The molecule has 1 aliphatic carbocycles. The van der Waals surface area contributed by atoms with Crippen LogP contribution in [-0.2, 0) is 11.2 Å². The van der Waals surface area contributed by atoms with Crippen molar-refractivity contribution in [2.75, 3.05) is 0 Å². The molecule has 2 atom stereocenters. The molecule has 1 aliphatic rings. The van der Waals surface area contributed by atoms with Crippen molar-refractivity contribution in [3.8, 4) is 0 Å². The maximum absolute atomic E-state index is 13.6. The molecule has 86 valence electrons. The van der Waals surface area contributed by atoms with Gasteiger partial charge in [-0.25, -0.2) is 9.18 Å². The van der Waals surface area contributed by atoms with Crippen LogP contribution in [0.4, 0.5) is 4.39 Å². The van der Waals surface area contributed by atoms with Gasteiger partial charge in [0, 0.05) is 10.9 Å². The van der Waals surface area contributed by atoms with Gasteiger partial charge in [-0.15, -0.1) is 0 Å². The van der Waals surface area contributed by atoms with Crippen molar-refractivity contribution in [2.45, 2.75) is 31.4 Å². The Labute approximate surface area is 98.0 Å². The highest BCUT2D eigenvalue weighted by Crippen LogP contribution is 2.36. The highest BCUT2D eigenvalue weighted by atomic mass is 35.5. The van der Waals surface area contributed by atoms with E-state index in [1.54, 1.807) is 18.2 Å². The van der Waals surface area contributed by atoms with E-state index in [0.29, 0.717) is 11.4 Å². The second-order valence-corrected chi connectivity index (χ2v) is 4.52. The van der Waals surface area contributed by atoms with E-state index >= 15 is 0 Å². The maximum Gasteiger partial charge on any atom is 0.338 e. The van der Waals surface area contributed by atoms with Crippen LogP contribution in [0, 0.1) is 0 Å². The molecule has 0 saturated heterocycles. The second-order valence-electron chi connectivity index (χ2n) is 4.08. The summed E-state index contributed by atoms with van der Waals surface area (Å²) in [4.78, 5) is 10.7. The predicted molar refractivity (Wildman–Crippen MR) is 59.7 cm³/mol. The number of halogens is 2. The average molecular weight is 243 g/mol. The number of rotatable bonds is 2. The molecule has 16 heavy (non-hydrogen) atoms. The number of hydrogen-bond donors (Lipinski definition) is 1. The zero-order valence-electron chi connectivity index (χ0n) is 8.62. The lowest BCUT2D eigenvalue weighted by atomic mass is 9.80.